The predicted molar refractivity (Wildman–Crippen MR) is 106 cm³/mol. The van der Waals surface area contributed by atoms with Crippen molar-refractivity contribution >= 4 is 11.6 Å². The first-order chi connectivity index (χ1) is 14.1. The summed E-state index contributed by atoms with van der Waals surface area (Å²) in [6.07, 6.45) is 5.03. The molecule has 156 valence electrons. The van der Waals surface area contributed by atoms with Crippen molar-refractivity contribution in [2.75, 3.05) is 42.6 Å². The molecule has 2 aliphatic heterocycles. The zero-order chi connectivity index (χ0) is 20.2. The second kappa shape index (κ2) is 8.90. The number of nitrogens with zero attached hydrogens (tertiary/aromatic N) is 4. The number of hydrogen-bond donors (Lipinski definition) is 1. The molecule has 1 N–H and O–H groups in total. The van der Waals surface area contributed by atoms with E-state index >= 15 is 0 Å². The highest BCUT2D eigenvalue weighted by atomic mass is 19.1. The van der Waals surface area contributed by atoms with Crippen LogP contribution in [0.4, 0.5) is 20.4 Å². The largest absolute Gasteiger partial charge is 0.487 e. The van der Waals surface area contributed by atoms with E-state index in [1.54, 1.807) is 6.33 Å². The van der Waals surface area contributed by atoms with Crippen LogP contribution >= 0.6 is 0 Å². The van der Waals surface area contributed by atoms with Gasteiger partial charge in [-0.15, -0.1) is 0 Å². The fourth-order valence-electron chi connectivity index (χ4n) is 4.06. The number of benzene rings is 1. The van der Waals surface area contributed by atoms with Crippen LogP contribution in [0.3, 0.4) is 0 Å². The lowest BCUT2D eigenvalue weighted by Gasteiger charge is -2.35. The molecular weight excluding hydrogens is 378 g/mol. The molecule has 4 rings (SSSR count). The summed E-state index contributed by atoms with van der Waals surface area (Å²) in [5, 5.41) is 9.45. The molecule has 1 unspecified atom stereocenters. The van der Waals surface area contributed by atoms with E-state index in [2.05, 4.69) is 19.8 Å². The van der Waals surface area contributed by atoms with E-state index < -0.39 is 11.6 Å². The van der Waals surface area contributed by atoms with Gasteiger partial charge < -0.3 is 19.6 Å². The number of aromatic nitrogens is 2. The average molecular weight is 404 g/mol. The van der Waals surface area contributed by atoms with Crippen molar-refractivity contribution in [2.45, 2.75) is 31.8 Å². The van der Waals surface area contributed by atoms with E-state index in [9.17, 15) is 13.9 Å². The summed E-state index contributed by atoms with van der Waals surface area (Å²) < 4.78 is 32.6. The van der Waals surface area contributed by atoms with Gasteiger partial charge in [0.1, 0.15) is 29.9 Å². The van der Waals surface area contributed by atoms with Crippen molar-refractivity contribution in [2.24, 2.45) is 5.92 Å². The molecule has 6 nitrogen and oxygen atoms in total. The van der Waals surface area contributed by atoms with Crippen molar-refractivity contribution in [3.05, 3.63) is 42.2 Å². The Morgan fingerprint density at radius 3 is 2.48 bits per heavy atom. The lowest BCUT2D eigenvalue weighted by molar-refractivity contribution is 0.163. The van der Waals surface area contributed by atoms with Crippen LogP contribution in [0.1, 0.15) is 25.7 Å². The number of anilines is 2. The molecule has 0 bridgehead atoms. The van der Waals surface area contributed by atoms with Crippen LogP contribution in [0.25, 0.3) is 0 Å². The summed E-state index contributed by atoms with van der Waals surface area (Å²) >= 11 is 0. The predicted octanol–water partition coefficient (Wildman–Crippen LogP) is 3.01. The topological polar surface area (TPSA) is 61.7 Å². The summed E-state index contributed by atoms with van der Waals surface area (Å²) in [6.45, 7) is 3.43. The van der Waals surface area contributed by atoms with Gasteiger partial charge >= 0.3 is 0 Å². The van der Waals surface area contributed by atoms with Crippen LogP contribution < -0.4 is 14.5 Å². The van der Waals surface area contributed by atoms with Crippen LogP contribution in [0.15, 0.2) is 30.6 Å². The summed E-state index contributed by atoms with van der Waals surface area (Å²) in [4.78, 5) is 13.2. The SMILES string of the molecule is OCC1CCCN(c2cc(N3CCC(Oc4ccc(F)cc4F)CC3)ncn2)C1. The molecule has 8 heteroatoms. The van der Waals surface area contributed by atoms with Crippen molar-refractivity contribution in [3.63, 3.8) is 0 Å². The quantitative estimate of drug-likeness (QED) is 0.827. The summed E-state index contributed by atoms with van der Waals surface area (Å²) in [7, 11) is 0. The molecule has 0 amide bonds. The number of piperidine rings is 2. The van der Waals surface area contributed by atoms with E-state index in [-0.39, 0.29) is 18.5 Å². The Morgan fingerprint density at radius 2 is 1.76 bits per heavy atom. The first-order valence-electron chi connectivity index (χ1n) is 10.2. The highest BCUT2D eigenvalue weighted by Gasteiger charge is 2.24. The van der Waals surface area contributed by atoms with Crippen molar-refractivity contribution in [1.82, 2.24) is 9.97 Å². The molecule has 2 aliphatic rings. The first kappa shape index (κ1) is 19.8. The Balaban J connectivity index is 1.36. The van der Waals surface area contributed by atoms with E-state index in [1.807, 2.05) is 6.07 Å². The normalized spacial score (nSPS) is 20.7. The van der Waals surface area contributed by atoms with Crippen molar-refractivity contribution < 1.29 is 18.6 Å². The summed E-state index contributed by atoms with van der Waals surface area (Å²) in [6, 6.07) is 5.39. The molecule has 2 saturated heterocycles. The fraction of sp³-hybridized carbons (Fsp3) is 0.524. The Kier molecular flexibility index (Phi) is 6.08. The molecule has 29 heavy (non-hydrogen) atoms. The van der Waals surface area contributed by atoms with Crippen LogP contribution in [0.5, 0.6) is 5.75 Å². The summed E-state index contributed by atoms with van der Waals surface area (Å²) in [5.41, 5.74) is 0. The highest BCUT2D eigenvalue weighted by Crippen LogP contribution is 2.27. The van der Waals surface area contributed by atoms with Gasteiger partial charge in [-0.25, -0.2) is 18.7 Å². The van der Waals surface area contributed by atoms with Gasteiger partial charge in [-0.05, 0) is 30.9 Å². The minimum atomic E-state index is -0.671. The van der Waals surface area contributed by atoms with Crippen LogP contribution in [0.2, 0.25) is 0 Å². The number of rotatable bonds is 5. The maximum Gasteiger partial charge on any atom is 0.167 e. The Morgan fingerprint density at radius 1 is 1.00 bits per heavy atom. The number of ether oxygens (including phenoxy) is 1. The van der Waals surface area contributed by atoms with Gasteiger partial charge in [0.2, 0.25) is 0 Å². The van der Waals surface area contributed by atoms with Gasteiger partial charge in [-0.3, -0.25) is 0 Å². The number of aliphatic hydroxyl groups is 1. The third-order valence-corrected chi connectivity index (χ3v) is 5.69. The van der Waals surface area contributed by atoms with Gasteiger partial charge in [0, 0.05) is 57.8 Å². The minimum absolute atomic E-state index is 0.0951. The van der Waals surface area contributed by atoms with E-state index in [4.69, 9.17) is 4.74 Å². The molecular formula is C21H26F2N4O2. The zero-order valence-electron chi connectivity index (χ0n) is 16.3. The van der Waals surface area contributed by atoms with Crippen molar-refractivity contribution in [3.8, 4) is 5.75 Å². The second-order valence-electron chi connectivity index (χ2n) is 7.75. The highest BCUT2D eigenvalue weighted by molar-refractivity contribution is 5.50. The first-order valence-corrected chi connectivity index (χ1v) is 10.2. The Labute approximate surface area is 169 Å². The number of halogens is 2. The Hall–Kier alpha value is -2.48. The summed E-state index contributed by atoms with van der Waals surface area (Å²) in [5.74, 6) is 0.867. The lowest BCUT2D eigenvalue weighted by Crippen LogP contribution is -2.39. The van der Waals surface area contributed by atoms with Crippen LogP contribution in [-0.4, -0.2) is 54.0 Å². The fourth-order valence-corrected chi connectivity index (χ4v) is 4.06. The molecule has 0 aliphatic carbocycles. The molecule has 1 aromatic carbocycles. The molecule has 0 saturated carbocycles. The van der Waals surface area contributed by atoms with Gasteiger partial charge in [-0.1, -0.05) is 0 Å². The van der Waals surface area contributed by atoms with E-state index in [0.717, 1.165) is 69.6 Å². The molecule has 1 aromatic heterocycles. The number of hydrogen-bond acceptors (Lipinski definition) is 6. The monoisotopic (exact) mass is 404 g/mol. The third-order valence-electron chi connectivity index (χ3n) is 5.69. The zero-order valence-corrected chi connectivity index (χ0v) is 16.3. The average Bonchev–Trinajstić information content (AvgIpc) is 2.76. The number of aliphatic hydroxyl groups excluding tert-OH is 1. The molecule has 2 fully saturated rings. The molecule has 1 atom stereocenters. The molecule has 0 radical (unpaired) electrons. The maximum atomic E-state index is 13.8. The van der Waals surface area contributed by atoms with E-state index in [1.165, 1.54) is 12.1 Å². The van der Waals surface area contributed by atoms with Crippen LogP contribution in [0, 0.1) is 17.6 Å². The van der Waals surface area contributed by atoms with Gasteiger partial charge in [-0.2, -0.15) is 0 Å². The molecule has 0 spiro atoms. The lowest BCUT2D eigenvalue weighted by atomic mass is 9.99. The maximum absolute atomic E-state index is 13.8. The van der Waals surface area contributed by atoms with Gasteiger partial charge in [0.25, 0.3) is 0 Å². The standard InChI is InChI=1S/C21H26F2N4O2/c22-16-3-4-19(18(23)10-16)29-17-5-8-26(9-6-17)20-11-21(25-14-24-20)27-7-1-2-15(12-27)13-28/h3-4,10-11,14-15,17,28H,1-2,5-9,12-13H2. The van der Waals surface area contributed by atoms with Crippen LogP contribution in [-0.2, 0) is 0 Å². The van der Waals surface area contributed by atoms with Gasteiger partial charge in [0.05, 0.1) is 0 Å². The second-order valence-corrected chi connectivity index (χ2v) is 7.75. The third kappa shape index (κ3) is 4.75. The van der Waals surface area contributed by atoms with Crippen molar-refractivity contribution in [1.29, 1.82) is 0 Å². The molecule has 3 heterocycles. The molecule has 2 aromatic rings. The van der Waals surface area contributed by atoms with E-state index in [0.29, 0.717) is 5.92 Å². The Bertz CT molecular complexity index is 830. The minimum Gasteiger partial charge on any atom is -0.487 e. The van der Waals surface area contributed by atoms with Gasteiger partial charge in [0.15, 0.2) is 11.6 Å². The smallest absolute Gasteiger partial charge is 0.167 e.